The van der Waals surface area contributed by atoms with Crippen LogP contribution < -0.4 is 9.64 Å². The Bertz CT molecular complexity index is 918. The van der Waals surface area contributed by atoms with Gasteiger partial charge in [-0.3, -0.25) is 9.69 Å². The first-order chi connectivity index (χ1) is 12.2. The first kappa shape index (κ1) is 15.4. The molecule has 4 rings (SSSR count). The maximum absolute atomic E-state index is 13.3. The van der Waals surface area contributed by atoms with Gasteiger partial charge in [-0.05, 0) is 38.1 Å². The molecule has 1 amide bonds. The van der Waals surface area contributed by atoms with Crippen molar-refractivity contribution in [2.45, 2.75) is 19.9 Å². The molecule has 126 valence electrons. The number of para-hydroxylation sites is 3. The van der Waals surface area contributed by atoms with Crippen molar-refractivity contribution in [3.63, 3.8) is 0 Å². The number of hydrogen-bond donors (Lipinski definition) is 0. The molecule has 1 unspecified atom stereocenters. The molecular formula is C20H19N3O2. The van der Waals surface area contributed by atoms with Gasteiger partial charge < -0.3 is 4.74 Å². The summed E-state index contributed by atoms with van der Waals surface area (Å²) in [5, 5.41) is 4.42. The third-order valence-electron chi connectivity index (χ3n) is 4.51. The van der Waals surface area contributed by atoms with Gasteiger partial charge in [0.05, 0.1) is 34.9 Å². The second-order valence-electron chi connectivity index (χ2n) is 6.19. The number of nitrogens with zero attached hydrogens (tertiary/aromatic N) is 3. The van der Waals surface area contributed by atoms with E-state index in [0.29, 0.717) is 12.2 Å². The van der Waals surface area contributed by atoms with Gasteiger partial charge in [-0.25, -0.2) is 4.68 Å². The highest BCUT2D eigenvalue weighted by Gasteiger charge is 2.31. The van der Waals surface area contributed by atoms with Gasteiger partial charge in [0.1, 0.15) is 12.4 Å². The fraction of sp³-hybridized carbons (Fsp3) is 0.200. The number of anilines is 1. The first-order valence-corrected chi connectivity index (χ1v) is 8.32. The molecule has 0 saturated carbocycles. The predicted octanol–water partition coefficient (Wildman–Crippen LogP) is 3.61. The van der Waals surface area contributed by atoms with E-state index in [1.54, 1.807) is 15.8 Å². The normalized spacial score (nSPS) is 16.2. The van der Waals surface area contributed by atoms with Crippen LogP contribution in [-0.4, -0.2) is 28.3 Å². The average molecular weight is 333 g/mol. The lowest BCUT2D eigenvalue weighted by Crippen LogP contribution is -2.45. The van der Waals surface area contributed by atoms with E-state index in [9.17, 15) is 4.79 Å². The third-order valence-corrected chi connectivity index (χ3v) is 4.51. The van der Waals surface area contributed by atoms with Crippen molar-refractivity contribution < 1.29 is 9.53 Å². The molecule has 2 aromatic carbocycles. The highest BCUT2D eigenvalue weighted by Crippen LogP contribution is 2.34. The average Bonchev–Trinajstić information content (AvgIpc) is 3.03. The summed E-state index contributed by atoms with van der Waals surface area (Å²) in [6, 6.07) is 17.4. The molecule has 5 nitrogen and oxygen atoms in total. The largest absolute Gasteiger partial charge is 0.489 e. The van der Waals surface area contributed by atoms with Crippen LogP contribution in [-0.2, 0) is 0 Å². The molecule has 2 heterocycles. The molecule has 1 aliphatic heterocycles. The lowest BCUT2D eigenvalue weighted by molar-refractivity contribution is 0.0960. The molecule has 0 bridgehead atoms. The maximum atomic E-state index is 13.3. The molecule has 1 atom stereocenters. The van der Waals surface area contributed by atoms with Gasteiger partial charge in [-0.2, -0.15) is 5.10 Å². The quantitative estimate of drug-likeness (QED) is 0.720. The van der Waals surface area contributed by atoms with E-state index in [-0.39, 0.29) is 11.9 Å². The van der Waals surface area contributed by atoms with E-state index < -0.39 is 0 Å². The Kier molecular flexibility index (Phi) is 3.76. The summed E-state index contributed by atoms with van der Waals surface area (Å²) in [6.45, 7) is 4.39. The summed E-state index contributed by atoms with van der Waals surface area (Å²) in [4.78, 5) is 15.1. The van der Waals surface area contributed by atoms with E-state index in [1.165, 1.54) is 0 Å². The number of rotatable bonds is 2. The van der Waals surface area contributed by atoms with E-state index in [4.69, 9.17) is 4.74 Å². The van der Waals surface area contributed by atoms with Gasteiger partial charge >= 0.3 is 0 Å². The van der Waals surface area contributed by atoms with Crippen LogP contribution in [0.2, 0.25) is 0 Å². The molecule has 1 aliphatic rings. The minimum Gasteiger partial charge on any atom is -0.489 e. The predicted molar refractivity (Wildman–Crippen MR) is 96.5 cm³/mol. The van der Waals surface area contributed by atoms with Crippen LogP contribution >= 0.6 is 0 Å². The van der Waals surface area contributed by atoms with Crippen molar-refractivity contribution in [2.24, 2.45) is 0 Å². The van der Waals surface area contributed by atoms with Crippen molar-refractivity contribution in [1.29, 1.82) is 0 Å². The van der Waals surface area contributed by atoms with E-state index in [0.717, 1.165) is 22.8 Å². The summed E-state index contributed by atoms with van der Waals surface area (Å²) in [7, 11) is 0. The Morgan fingerprint density at radius 1 is 1.12 bits per heavy atom. The van der Waals surface area contributed by atoms with Gasteiger partial charge in [0.25, 0.3) is 5.91 Å². The highest BCUT2D eigenvalue weighted by molar-refractivity contribution is 6.08. The first-order valence-electron chi connectivity index (χ1n) is 8.32. The number of ether oxygens (including phenoxy) is 1. The van der Waals surface area contributed by atoms with Crippen LogP contribution in [0.5, 0.6) is 5.75 Å². The Labute approximate surface area is 146 Å². The lowest BCUT2D eigenvalue weighted by Gasteiger charge is -2.35. The Morgan fingerprint density at radius 2 is 1.84 bits per heavy atom. The highest BCUT2D eigenvalue weighted by atomic mass is 16.5. The van der Waals surface area contributed by atoms with Crippen LogP contribution in [0.3, 0.4) is 0 Å². The number of amides is 1. The van der Waals surface area contributed by atoms with Crippen molar-refractivity contribution in [3.8, 4) is 11.4 Å². The zero-order chi connectivity index (χ0) is 17.4. The Morgan fingerprint density at radius 3 is 2.64 bits per heavy atom. The molecular weight excluding hydrogens is 314 g/mol. The zero-order valence-corrected chi connectivity index (χ0v) is 14.2. The molecule has 0 fully saturated rings. The molecule has 0 radical (unpaired) electrons. The minimum absolute atomic E-state index is 0.0399. The fourth-order valence-electron chi connectivity index (χ4n) is 3.19. The standard InChI is InChI=1S/C20H19N3O2/c1-14-13-25-19-11-7-6-10-18(19)22(14)20(24)17-12-21-23(15(17)2)16-8-4-3-5-9-16/h3-12,14H,13H2,1-2H3. The summed E-state index contributed by atoms with van der Waals surface area (Å²) >= 11 is 0. The van der Waals surface area contributed by atoms with E-state index in [2.05, 4.69) is 5.10 Å². The molecule has 25 heavy (non-hydrogen) atoms. The number of fused-ring (bicyclic) bond motifs is 1. The van der Waals surface area contributed by atoms with Gasteiger partial charge in [0.2, 0.25) is 0 Å². The summed E-state index contributed by atoms with van der Waals surface area (Å²) < 4.78 is 7.54. The van der Waals surface area contributed by atoms with E-state index in [1.807, 2.05) is 68.4 Å². The van der Waals surface area contributed by atoms with Crippen molar-refractivity contribution >= 4 is 11.6 Å². The number of carbonyl (C=O) groups is 1. The summed E-state index contributed by atoms with van der Waals surface area (Å²) in [6.07, 6.45) is 1.65. The fourth-order valence-corrected chi connectivity index (χ4v) is 3.19. The summed E-state index contributed by atoms with van der Waals surface area (Å²) in [5.74, 6) is 0.685. The Balaban J connectivity index is 1.74. The van der Waals surface area contributed by atoms with Crippen LogP contribution in [0.15, 0.2) is 60.8 Å². The smallest absolute Gasteiger partial charge is 0.262 e. The van der Waals surface area contributed by atoms with Crippen LogP contribution in [0.25, 0.3) is 5.69 Å². The SMILES string of the molecule is Cc1c(C(=O)N2c3ccccc3OCC2C)cnn1-c1ccccc1. The van der Waals surface area contributed by atoms with Crippen LogP contribution in [0.4, 0.5) is 5.69 Å². The second-order valence-corrected chi connectivity index (χ2v) is 6.19. The van der Waals surface area contributed by atoms with Crippen molar-refractivity contribution in [1.82, 2.24) is 9.78 Å². The molecule has 3 aromatic rings. The number of aromatic nitrogens is 2. The summed E-state index contributed by atoms with van der Waals surface area (Å²) in [5.41, 5.74) is 3.17. The minimum atomic E-state index is -0.0528. The molecule has 1 aromatic heterocycles. The van der Waals surface area contributed by atoms with Crippen LogP contribution in [0.1, 0.15) is 23.0 Å². The number of hydrogen-bond acceptors (Lipinski definition) is 3. The molecule has 5 heteroatoms. The molecule has 0 saturated heterocycles. The number of benzene rings is 2. The van der Waals surface area contributed by atoms with Crippen molar-refractivity contribution in [2.75, 3.05) is 11.5 Å². The zero-order valence-electron chi connectivity index (χ0n) is 14.2. The monoisotopic (exact) mass is 333 g/mol. The molecule has 0 N–H and O–H groups in total. The second kappa shape index (κ2) is 6.09. The Hall–Kier alpha value is -3.08. The van der Waals surface area contributed by atoms with Crippen molar-refractivity contribution in [3.05, 3.63) is 72.1 Å². The third kappa shape index (κ3) is 2.58. The van der Waals surface area contributed by atoms with Gasteiger partial charge in [-0.1, -0.05) is 30.3 Å². The number of carbonyl (C=O) groups excluding carboxylic acids is 1. The van der Waals surface area contributed by atoms with Crippen LogP contribution in [0, 0.1) is 6.92 Å². The maximum Gasteiger partial charge on any atom is 0.262 e. The van der Waals surface area contributed by atoms with Gasteiger partial charge in [0.15, 0.2) is 0 Å². The van der Waals surface area contributed by atoms with Gasteiger partial charge in [-0.15, -0.1) is 0 Å². The molecule has 0 spiro atoms. The topological polar surface area (TPSA) is 47.4 Å². The van der Waals surface area contributed by atoms with E-state index >= 15 is 0 Å². The molecule has 0 aliphatic carbocycles. The lowest BCUT2D eigenvalue weighted by atomic mass is 10.1. The van der Waals surface area contributed by atoms with Gasteiger partial charge in [0, 0.05) is 0 Å².